The van der Waals surface area contributed by atoms with Gasteiger partial charge in [0.05, 0.1) is 7.11 Å². The second-order valence-electron chi connectivity index (χ2n) is 2.09. The maximum absolute atomic E-state index is 10.1. The summed E-state index contributed by atoms with van der Waals surface area (Å²) in [6, 6.07) is 0. The van der Waals surface area contributed by atoms with E-state index in [0.717, 1.165) is 7.11 Å². The van der Waals surface area contributed by atoms with E-state index in [0.29, 0.717) is 0 Å². The number of esters is 1. The third-order valence-electron chi connectivity index (χ3n) is 1.02. The van der Waals surface area contributed by atoms with Crippen molar-refractivity contribution in [2.45, 2.75) is 26.7 Å². The van der Waals surface area contributed by atoms with E-state index in [1.54, 1.807) is 0 Å². The first-order valence-electron chi connectivity index (χ1n) is 3.94. The van der Waals surface area contributed by atoms with Crippen LogP contribution in [0.3, 0.4) is 0 Å². The van der Waals surface area contributed by atoms with Gasteiger partial charge in [-0.2, -0.15) is 0 Å². The Balaban J connectivity index is 0. The molecule has 5 nitrogen and oxygen atoms in total. The SMILES string of the molecule is CCCC.COC(=O)CO[P+](=O)O. The van der Waals surface area contributed by atoms with Crippen LogP contribution in [0.15, 0.2) is 0 Å². The van der Waals surface area contributed by atoms with Crippen molar-refractivity contribution in [2.75, 3.05) is 13.7 Å². The Morgan fingerprint density at radius 3 is 2.08 bits per heavy atom. The Labute approximate surface area is 79.0 Å². The Morgan fingerprint density at radius 1 is 1.38 bits per heavy atom. The standard InChI is InChI=1S/C4H10.C3H5O5P/c1-3-4-2;1-7-3(4)2-8-9(5)6/h3-4H2,1-2H3;2H2,1H3/p+1. The van der Waals surface area contributed by atoms with Gasteiger partial charge in [0.2, 0.25) is 6.61 Å². The minimum Gasteiger partial charge on any atom is -0.467 e. The van der Waals surface area contributed by atoms with Crippen LogP contribution >= 0.6 is 8.25 Å². The van der Waals surface area contributed by atoms with Gasteiger partial charge >= 0.3 is 14.2 Å². The molecule has 0 spiro atoms. The summed E-state index contributed by atoms with van der Waals surface area (Å²) in [5.74, 6) is -0.674. The highest BCUT2D eigenvalue weighted by molar-refractivity contribution is 7.32. The minimum absolute atomic E-state index is 0.484. The van der Waals surface area contributed by atoms with Crippen LogP contribution in [0.1, 0.15) is 26.7 Å². The quantitative estimate of drug-likeness (QED) is 0.565. The summed E-state index contributed by atoms with van der Waals surface area (Å²) in [6.45, 7) is 3.88. The molecule has 0 aliphatic heterocycles. The van der Waals surface area contributed by atoms with Gasteiger partial charge in [0.15, 0.2) is 0 Å². The van der Waals surface area contributed by atoms with Crippen molar-refractivity contribution in [3.05, 3.63) is 0 Å². The van der Waals surface area contributed by atoms with Gasteiger partial charge in [-0.25, -0.2) is 4.79 Å². The molecule has 0 saturated carbocycles. The Kier molecular flexibility index (Phi) is 13.2. The molecule has 1 N–H and O–H groups in total. The van der Waals surface area contributed by atoms with Gasteiger partial charge in [-0.1, -0.05) is 26.7 Å². The Morgan fingerprint density at radius 2 is 1.85 bits per heavy atom. The first kappa shape index (κ1) is 15.0. The highest BCUT2D eigenvalue weighted by Gasteiger charge is 2.15. The molecule has 1 unspecified atom stereocenters. The second-order valence-corrected chi connectivity index (χ2v) is 2.82. The lowest BCUT2D eigenvalue weighted by atomic mass is 10.4. The Bertz CT molecular complexity index is 146. The van der Waals surface area contributed by atoms with Crippen molar-refractivity contribution in [1.82, 2.24) is 0 Å². The number of methoxy groups -OCH3 is 1. The third-order valence-corrected chi connectivity index (χ3v) is 1.37. The maximum atomic E-state index is 10.1. The first-order chi connectivity index (χ1) is 6.08. The minimum atomic E-state index is -2.69. The van der Waals surface area contributed by atoms with Crippen LogP contribution in [0.2, 0.25) is 0 Å². The van der Waals surface area contributed by atoms with Gasteiger partial charge in [0.25, 0.3) is 0 Å². The van der Waals surface area contributed by atoms with Gasteiger partial charge in [-0.3, -0.25) is 0 Å². The molecule has 0 aromatic rings. The van der Waals surface area contributed by atoms with Crippen LogP contribution in [0, 0.1) is 0 Å². The zero-order chi connectivity index (χ0) is 10.7. The fraction of sp³-hybridized carbons (Fsp3) is 0.857. The van der Waals surface area contributed by atoms with Crippen LogP contribution in [0.25, 0.3) is 0 Å². The number of hydrogen-bond donors (Lipinski definition) is 1. The lowest BCUT2D eigenvalue weighted by Crippen LogP contribution is -2.06. The van der Waals surface area contributed by atoms with E-state index in [2.05, 4.69) is 23.1 Å². The summed E-state index contributed by atoms with van der Waals surface area (Å²) in [7, 11) is -1.53. The molecular formula is C7H16O5P+. The number of carbonyl (C=O) groups excluding carboxylic acids is 1. The summed E-state index contributed by atoms with van der Waals surface area (Å²) in [5.41, 5.74) is 0. The molecular weight excluding hydrogens is 195 g/mol. The van der Waals surface area contributed by atoms with Crippen LogP contribution in [-0.4, -0.2) is 24.6 Å². The molecule has 0 radical (unpaired) electrons. The van der Waals surface area contributed by atoms with Gasteiger partial charge < -0.3 is 4.74 Å². The zero-order valence-electron chi connectivity index (χ0n) is 8.15. The average molecular weight is 211 g/mol. The van der Waals surface area contributed by atoms with Crippen molar-refractivity contribution in [3.63, 3.8) is 0 Å². The number of hydrogen-bond acceptors (Lipinski definition) is 4. The molecule has 0 aliphatic carbocycles. The first-order valence-corrected chi connectivity index (χ1v) is 5.07. The van der Waals surface area contributed by atoms with Crippen molar-refractivity contribution in [3.8, 4) is 0 Å². The van der Waals surface area contributed by atoms with Crippen molar-refractivity contribution in [1.29, 1.82) is 0 Å². The molecule has 0 aromatic heterocycles. The fourth-order valence-electron chi connectivity index (χ4n) is 0.167. The number of unbranched alkanes of at least 4 members (excludes halogenated alkanes) is 1. The fourth-order valence-corrected chi connectivity index (χ4v) is 0.383. The van der Waals surface area contributed by atoms with Crippen LogP contribution < -0.4 is 0 Å². The molecule has 78 valence electrons. The molecule has 0 heterocycles. The summed E-state index contributed by atoms with van der Waals surface area (Å²) >= 11 is 0. The van der Waals surface area contributed by atoms with E-state index in [1.807, 2.05) is 0 Å². The normalized spacial score (nSPS) is 9.69. The maximum Gasteiger partial charge on any atom is 0.695 e. The number of carbonyl (C=O) groups is 1. The van der Waals surface area contributed by atoms with Crippen molar-refractivity contribution < 1.29 is 23.5 Å². The summed E-state index contributed by atoms with van der Waals surface area (Å²) < 4.78 is 17.8. The lowest BCUT2D eigenvalue weighted by Gasteiger charge is -1.88. The molecule has 13 heavy (non-hydrogen) atoms. The van der Waals surface area contributed by atoms with E-state index in [1.165, 1.54) is 12.8 Å². The van der Waals surface area contributed by atoms with Gasteiger partial charge in [0.1, 0.15) is 0 Å². The van der Waals surface area contributed by atoms with Crippen LogP contribution in [0.4, 0.5) is 0 Å². The largest absolute Gasteiger partial charge is 0.695 e. The molecule has 0 amide bonds. The molecule has 0 rings (SSSR count). The van der Waals surface area contributed by atoms with E-state index in [9.17, 15) is 9.36 Å². The average Bonchev–Trinajstić information content (AvgIpc) is 2.14. The van der Waals surface area contributed by atoms with Gasteiger partial charge in [0, 0.05) is 4.57 Å². The molecule has 0 fully saturated rings. The number of rotatable bonds is 4. The van der Waals surface area contributed by atoms with E-state index in [4.69, 9.17) is 4.89 Å². The summed E-state index contributed by atoms with van der Waals surface area (Å²) in [4.78, 5) is 18.1. The zero-order valence-corrected chi connectivity index (χ0v) is 9.04. The van der Waals surface area contributed by atoms with E-state index >= 15 is 0 Å². The monoisotopic (exact) mass is 211 g/mol. The highest BCUT2D eigenvalue weighted by Crippen LogP contribution is 2.12. The molecule has 1 atom stereocenters. The smallest absolute Gasteiger partial charge is 0.467 e. The van der Waals surface area contributed by atoms with E-state index < -0.39 is 20.8 Å². The molecule has 6 heteroatoms. The molecule has 0 aliphatic rings. The summed E-state index contributed by atoms with van der Waals surface area (Å²) in [6.07, 6.45) is 2.64. The van der Waals surface area contributed by atoms with Gasteiger partial charge in [-0.15, -0.1) is 9.42 Å². The van der Waals surface area contributed by atoms with Crippen molar-refractivity contribution in [2.24, 2.45) is 0 Å². The summed E-state index contributed by atoms with van der Waals surface area (Å²) in [5, 5.41) is 0. The van der Waals surface area contributed by atoms with Crippen LogP contribution in [-0.2, 0) is 18.6 Å². The molecule has 0 aromatic carbocycles. The predicted octanol–water partition coefficient (Wildman–Crippen LogP) is 1.63. The molecule has 0 saturated heterocycles. The molecule has 0 bridgehead atoms. The Hall–Kier alpha value is -0.510. The van der Waals surface area contributed by atoms with Crippen molar-refractivity contribution >= 4 is 14.2 Å². The lowest BCUT2D eigenvalue weighted by molar-refractivity contribution is -0.143. The van der Waals surface area contributed by atoms with Crippen LogP contribution in [0.5, 0.6) is 0 Å². The highest BCUT2D eigenvalue weighted by atomic mass is 31.1. The third kappa shape index (κ3) is 18.4. The van der Waals surface area contributed by atoms with Gasteiger partial charge in [-0.05, 0) is 0 Å². The second kappa shape index (κ2) is 11.5. The topological polar surface area (TPSA) is 72.8 Å². The number of ether oxygens (including phenoxy) is 1. The van der Waals surface area contributed by atoms with E-state index in [-0.39, 0.29) is 0 Å². The predicted molar refractivity (Wildman–Crippen MR) is 48.4 cm³/mol.